The topological polar surface area (TPSA) is 49.9 Å². The Morgan fingerprint density at radius 2 is 2.22 bits per heavy atom. The maximum absolute atomic E-state index is 10.7. The second-order valence-electron chi connectivity index (χ2n) is 1.82. The summed E-state index contributed by atoms with van der Waals surface area (Å²) in [4.78, 5) is 2.99. The van der Waals surface area contributed by atoms with E-state index >= 15 is 0 Å². The van der Waals surface area contributed by atoms with E-state index in [9.17, 15) is 8.42 Å². The van der Waals surface area contributed by atoms with Crippen molar-refractivity contribution in [2.75, 3.05) is 6.26 Å². The van der Waals surface area contributed by atoms with Gasteiger partial charge in [0.2, 0.25) is 0 Å². The highest BCUT2D eigenvalue weighted by Crippen LogP contribution is 2.04. The van der Waals surface area contributed by atoms with Gasteiger partial charge in [-0.05, 0) is 6.07 Å². The van der Waals surface area contributed by atoms with E-state index in [-0.39, 0.29) is 0 Å². The second-order valence-corrected chi connectivity index (χ2v) is 3.83. The van der Waals surface area contributed by atoms with Crippen molar-refractivity contribution in [2.45, 2.75) is 4.90 Å². The van der Waals surface area contributed by atoms with Crippen molar-refractivity contribution in [2.24, 2.45) is 0 Å². The number of H-pyrrole nitrogens is 1. The van der Waals surface area contributed by atoms with E-state index in [1.807, 2.05) is 0 Å². The van der Waals surface area contributed by atoms with Crippen LogP contribution < -0.4 is 0 Å². The van der Waals surface area contributed by atoms with Gasteiger partial charge in [0.15, 0.2) is 9.84 Å². The van der Waals surface area contributed by atoms with Crippen molar-refractivity contribution in [3.8, 4) is 0 Å². The van der Waals surface area contributed by atoms with Gasteiger partial charge in [-0.1, -0.05) is 0 Å². The predicted molar refractivity (Wildman–Crippen MR) is 33.9 cm³/mol. The Morgan fingerprint density at radius 3 is 2.44 bits per heavy atom. The molecule has 0 aliphatic carbocycles. The lowest BCUT2D eigenvalue weighted by atomic mass is 10.7. The third kappa shape index (κ3) is 1.32. The van der Waals surface area contributed by atoms with Crippen LogP contribution in [-0.2, 0) is 9.84 Å². The Balaban J connectivity index is 3.20. The maximum atomic E-state index is 10.7. The normalized spacial score (nSPS) is 11.7. The van der Waals surface area contributed by atoms with Crippen LogP contribution in [-0.4, -0.2) is 19.7 Å². The van der Waals surface area contributed by atoms with Crippen molar-refractivity contribution in [1.82, 2.24) is 4.98 Å². The first-order valence-corrected chi connectivity index (χ1v) is 4.33. The minimum atomic E-state index is -2.99. The fraction of sp³-hybridized carbons (Fsp3) is 0.200. The van der Waals surface area contributed by atoms with E-state index in [0.29, 0.717) is 4.90 Å². The Labute approximate surface area is 53.6 Å². The largest absolute Gasteiger partial charge is 0.366 e. The van der Waals surface area contributed by atoms with Crippen LogP contribution in [0.5, 0.6) is 0 Å². The van der Waals surface area contributed by atoms with E-state index in [2.05, 4.69) is 4.98 Å². The van der Waals surface area contributed by atoms with E-state index in [4.69, 9.17) is 0 Å². The summed E-state index contributed by atoms with van der Waals surface area (Å²) >= 11 is 0. The van der Waals surface area contributed by atoms with Gasteiger partial charge in [-0.3, -0.25) is 0 Å². The molecule has 0 amide bonds. The molecule has 0 saturated carbocycles. The first-order chi connectivity index (χ1) is 4.11. The molecule has 1 N–H and O–H groups in total. The van der Waals surface area contributed by atoms with Crippen LogP contribution in [0.2, 0.25) is 0 Å². The zero-order valence-electron chi connectivity index (χ0n) is 4.96. The van der Waals surface area contributed by atoms with E-state index < -0.39 is 9.84 Å². The summed E-state index contributed by atoms with van der Waals surface area (Å²) in [6, 6.07) is 1.52. The van der Waals surface area contributed by atoms with Crippen molar-refractivity contribution < 1.29 is 8.42 Å². The number of hydrogen-bond acceptors (Lipinski definition) is 2. The number of rotatable bonds is 1. The fourth-order valence-electron chi connectivity index (χ4n) is 0.539. The average molecular weight is 145 g/mol. The zero-order chi connectivity index (χ0) is 6.91. The molecule has 0 spiro atoms. The Hall–Kier alpha value is -0.770. The predicted octanol–water partition coefficient (Wildman–Crippen LogP) is 0.418. The van der Waals surface area contributed by atoms with E-state index in [0.717, 1.165) is 0 Å². The monoisotopic (exact) mass is 145 g/mol. The maximum Gasteiger partial charge on any atom is 0.177 e. The highest BCUT2D eigenvalue weighted by atomic mass is 32.2. The van der Waals surface area contributed by atoms with Crippen LogP contribution >= 0.6 is 0 Å². The average Bonchev–Trinajstić information content (AvgIpc) is 2.08. The molecule has 4 heteroatoms. The summed E-state index contributed by atoms with van der Waals surface area (Å²) in [6.07, 6.45) is 4.21. The lowest BCUT2D eigenvalue weighted by molar-refractivity contribution is 0.602. The number of hydrogen-bond donors (Lipinski definition) is 1. The van der Waals surface area contributed by atoms with Crippen molar-refractivity contribution in [3.63, 3.8) is 0 Å². The molecule has 1 heterocycles. The first-order valence-electron chi connectivity index (χ1n) is 2.43. The number of sulfone groups is 1. The minimum absolute atomic E-state index is 0.336. The van der Waals surface area contributed by atoms with Gasteiger partial charge in [0.05, 0.1) is 4.90 Å². The molecule has 0 saturated heterocycles. The van der Waals surface area contributed by atoms with Gasteiger partial charge in [-0.15, -0.1) is 0 Å². The Kier molecular flexibility index (Phi) is 1.32. The minimum Gasteiger partial charge on any atom is -0.366 e. The second kappa shape index (κ2) is 1.88. The fourth-order valence-corrected chi connectivity index (χ4v) is 1.14. The molecule has 0 atom stereocenters. The number of aromatic nitrogens is 1. The SMILES string of the molecule is CS(=O)(=O)c1cc[nH]c1. The lowest BCUT2D eigenvalue weighted by Crippen LogP contribution is -1.93. The van der Waals surface area contributed by atoms with Gasteiger partial charge in [0, 0.05) is 18.6 Å². The first kappa shape index (κ1) is 6.35. The van der Waals surface area contributed by atoms with Gasteiger partial charge >= 0.3 is 0 Å². The molecule has 0 aliphatic rings. The quantitative estimate of drug-likeness (QED) is 0.622. The summed E-state index contributed by atoms with van der Waals surface area (Å²) < 4.78 is 21.3. The standard InChI is InChI=1S/C5H7NO2S/c1-9(7,8)5-2-3-6-4-5/h2-4,6H,1H3. The van der Waals surface area contributed by atoms with Gasteiger partial charge in [-0.25, -0.2) is 8.42 Å². The molecule has 0 radical (unpaired) electrons. The van der Waals surface area contributed by atoms with Crippen LogP contribution in [0.1, 0.15) is 0 Å². The molecule has 0 aromatic carbocycles. The van der Waals surface area contributed by atoms with Crippen LogP contribution in [0, 0.1) is 0 Å². The van der Waals surface area contributed by atoms with Gasteiger partial charge < -0.3 is 4.98 Å². The molecule has 0 aliphatic heterocycles. The molecule has 1 aromatic heterocycles. The Morgan fingerprint density at radius 1 is 1.56 bits per heavy atom. The van der Waals surface area contributed by atoms with Gasteiger partial charge in [0.1, 0.15) is 0 Å². The zero-order valence-corrected chi connectivity index (χ0v) is 5.77. The van der Waals surface area contributed by atoms with E-state index in [1.165, 1.54) is 18.5 Å². The number of nitrogens with one attached hydrogen (secondary N) is 1. The highest BCUT2D eigenvalue weighted by molar-refractivity contribution is 7.90. The van der Waals surface area contributed by atoms with Gasteiger partial charge in [0.25, 0.3) is 0 Å². The molecule has 0 unspecified atom stereocenters. The van der Waals surface area contributed by atoms with Crippen LogP contribution in [0.3, 0.4) is 0 Å². The summed E-state index contributed by atoms with van der Waals surface area (Å²) in [5.74, 6) is 0. The van der Waals surface area contributed by atoms with Crippen molar-refractivity contribution >= 4 is 9.84 Å². The molecule has 9 heavy (non-hydrogen) atoms. The van der Waals surface area contributed by atoms with Crippen molar-refractivity contribution in [1.29, 1.82) is 0 Å². The molecular weight excluding hydrogens is 138 g/mol. The van der Waals surface area contributed by atoms with Crippen LogP contribution in [0.25, 0.3) is 0 Å². The molecule has 0 fully saturated rings. The molecule has 1 rings (SSSR count). The molecule has 3 nitrogen and oxygen atoms in total. The lowest BCUT2D eigenvalue weighted by Gasteiger charge is -1.86. The van der Waals surface area contributed by atoms with Crippen LogP contribution in [0.4, 0.5) is 0 Å². The number of aromatic amines is 1. The molecule has 50 valence electrons. The third-order valence-electron chi connectivity index (χ3n) is 0.998. The van der Waals surface area contributed by atoms with Crippen molar-refractivity contribution in [3.05, 3.63) is 18.5 Å². The van der Waals surface area contributed by atoms with E-state index in [1.54, 1.807) is 6.20 Å². The third-order valence-corrected chi connectivity index (χ3v) is 2.11. The molecular formula is C5H7NO2S. The summed E-state index contributed by atoms with van der Waals surface area (Å²) in [5.41, 5.74) is 0. The highest BCUT2D eigenvalue weighted by Gasteiger charge is 2.04. The van der Waals surface area contributed by atoms with Gasteiger partial charge in [-0.2, -0.15) is 0 Å². The molecule has 1 aromatic rings. The summed E-state index contributed by atoms with van der Waals surface area (Å²) in [6.45, 7) is 0. The summed E-state index contributed by atoms with van der Waals surface area (Å²) in [5, 5.41) is 0. The smallest absolute Gasteiger partial charge is 0.177 e. The van der Waals surface area contributed by atoms with Crippen LogP contribution in [0.15, 0.2) is 23.4 Å². The molecule has 0 bridgehead atoms. The summed E-state index contributed by atoms with van der Waals surface area (Å²) in [7, 11) is -2.99. The Bertz CT molecular complexity index is 272.